The Morgan fingerprint density at radius 1 is 1.33 bits per heavy atom. The number of halogens is 1. The Labute approximate surface area is 127 Å². The first-order valence-electron chi connectivity index (χ1n) is 6.44. The number of nitrogens with zero attached hydrogens (tertiary/aromatic N) is 2. The van der Waals surface area contributed by atoms with Gasteiger partial charge in [-0.25, -0.2) is 0 Å². The third kappa shape index (κ3) is 3.77. The number of carbonyl (C=O) groups excluding carboxylic acids is 1. The lowest BCUT2D eigenvalue weighted by Gasteiger charge is -2.14. The lowest BCUT2D eigenvalue weighted by atomic mass is 9.95. The van der Waals surface area contributed by atoms with E-state index in [4.69, 9.17) is 16.7 Å². The van der Waals surface area contributed by atoms with E-state index in [1.807, 2.05) is 6.92 Å². The van der Waals surface area contributed by atoms with Gasteiger partial charge in [0.1, 0.15) is 5.75 Å². The number of rotatable bonds is 3. The van der Waals surface area contributed by atoms with Crippen molar-refractivity contribution in [3.8, 4) is 5.75 Å². The number of hydrogen-bond donors (Lipinski definition) is 2. The van der Waals surface area contributed by atoms with Crippen molar-refractivity contribution in [3.63, 3.8) is 0 Å². The Morgan fingerprint density at radius 3 is 2.76 bits per heavy atom. The van der Waals surface area contributed by atoms with Gasteiger partial charge in [0.2, 0.25) is 0 Å². The predicted molar refractivity (Wildman–Crippen MR) is 83.0 cm³/mol. The zero-order valence-corrected chi connectivity index (χ0v) is 12.3. The molecule has 1 aliphatic rings. The molecule has 1 aliphatic carbocycles. The number of carbonyl (C=O) groups is 1. The molecule has 2 N–H and O–H groups in total. The van der Waals surface area contributed by atoms with Gasteiger partial charge in [-0.3, -0.25) is 14.8 Å². The second-order valence-corrected chi connectivity index (χ2v) is 5.02. The number of phenols is 1. The molecule has 0 unspecified atom stereocenters. The first-order valence-corrected chi connectivity index (χ1v) is 6.82. The highest BCUT2D eigenvalue weighted by Gasteiger charge is 2.20. The zero-order valence-electron chi connectivity index (χ0n) is 11.5. The summed E-state index contributed by atoms with van der Waals surface area (Å²) in [7, 11) is 0. The van der Waals surface area contributed by atoms with Crippen molar-refractivity contribution in [1.82, 2.24) is 0 Å². The third-order valence-electron chi connectivity index (χ3n) is 3.02. The van der Waals surface area contributed by atoms with Crippen LogP contribution in [0.25, 0.3) is 0 Å². The first-order chi connectivity index (χ1) is 10.0. The number of allylic oxidation sites excluding steroid dienone is 2. The van der Waals surface area contributed by atoms with Gasteiger partial charge in [-0.05, 0) is 36.8 Å². The monoisotopic (exact) mass is 306 g/mol. The van der Waals surface area contributed by atoms with E-state index in [1.165, 1.54) is 12.1 Å². The minimum absolute atomic E-state index is 0.00287. The Kier molecular flexibility index (Phi) is 4.88. The van der Waals surface area contributed by atoms with E-state index in [0.717, 1.165) is 5.57 Å². The average Bonchev–Trinajstić information content (AvgIpc) is 2.44. The van der Waals surface area contributed by atoms with Crippen molar-refractivity contribution in [2.45, 2.75) is 13.3 Å². The minimum atomic E-state index is -0.149. The van der Waals surface area contributed by atoms with Crippen LogP contribution in [-0.4, -0.2) is 40.6 Å². The van der Waals surface area contributed by atoms with Gasteiger partial charge in [0, 0.05) is 6.42 Å². The van der Waals surface area contributed by atoms with Crippen molar-refractivity contribution in [2.75, 3.05) is 13.2 Å². The number of aromatic hydroxyl groups is 1. The molecule has 0 atom stereocenters. The normalized spacial score (nSPS) is 19.2. The molecule has 0 aliphatic heterocycles. The summed E-state index contributed by atoms with van der Waals surface area (Å²) in [6.07, 6.45) is 1.81. The Hall–Kier alpha value is -1.98. The van der Waals surface area contributed by atoms with Crippen LogP contribution >= 0.6 is 11.6 Å². The van der Waals surface area contributed by atoms with Gasteiger partial charge < -0.3 is 10.2 Å². The predicted octanol–water partition coefficient (Wildman–Crippen LogP) is 2.47. The molecule has 0 heterocycles. The third-order valence-corrected chi connectivity index (χ3v) is 3.32. The van der Waals surface area contributed by atoms with E-state index < -0.39 is 0 Å². The fourth-order valence-electron chi connectivity index (χ4n) is 1.92. The highest BCUT2D eigenvalue weighted by molar-refractivity contribution is 6.50. The number of aliphatic hydroxyl groups is 1. The molecule has 0 spiro atoms. The molecular weight excluding hydrogens is 292 g/mol. The molecule has 0 fully saturated rings. The summed E-state index contributed by atoms with van der Waals surface area (Å²) in [6.45, 7) is 1.91. The zero-order chi connectivity index (χ0) is 15.4. The molecule has 0 amide bonds. The molecule has 6 heteroatoms. The van der Waals surface area contributed by atoms with E-state index in [1.54, 1.807) is 12.1 Å². The summed E-state index contributed by atoms with van der Waals surface area (Å²) in [5.74, 6) is -0.152. The molecule has 1 aromatic carbocycles. The number of aliphatic imine (C=N–C) groups is 2. The van der Waals surface area contributed by atoms with E-state index in [2.05, 4.69) is 9.98 Å². The molecule has 0 bridgehead atoms. The summed E-state index contributed by atoms with van der Waals surface area (Å²) in [6, 6.07) is 4.66. The molecule has 5 nitrogen and oxygen atoms in total. The van der Waals surface area contributed by atoms with Gasteiger partial charge in [-0.1, -0.05) is 11.6 Å². The maximum Gasteiger partial charge on any atom is 0.200 e. The summed E-state index contributed by atoms with van der Waals surface area (Å²) in [5, 5.41) is 18.4. The molecule has 0 aromatic heterocycles. The van der Waals surface area contributed by atoms with Gasteiger partial charge in [-0.15, -0.1) is 0 Å². The quantitative estimate of drug-likeness (QED) is 0.900. The average molecular weight is 307 g/mol. The van der Waals surface area contributed by atoms with Crippen molar-refractivity contribution >= 4 is 34.5 Å². The van der Waals surface area contributed by atoms with Gasteiger partial charge in [0.05, 0.1) is 35.3 Å². The number of hydrogen-bond acceptors (Lipinski definition) is 5. The van der Waals surface area contributed by atoms with E-state index >= 15 is 0 Å². The molecule has 21 heavy (non-hydrogen) atoms. The number of ketones is 1. The van der Waals surface area contributed by atoms with Crippen LogP contribution < -0.4 is 0 Å². The van der Waals surface area contributed by atoms with Gasteiger partial charge in [-0.2, -0.15) is 0 Å². The first kappa shape index (κ1) is 15.4. The molecule has 1 aromatic rings. The lowest BCUT2D eigenvalue weighted by molar-refractivity contribution is -0.109. The largest absolute Gasteiger partial charge is 0.506 e. The molecule has 2 rings (SSSR count). The Bertz CT molecular complexity index is 663. The van der Waals surface area contributed by atoms with Crippen LogP contribution in [-0.2, 0) is 4.79 Å². The van der Waals surface area contributed by atoms with Crippen molar-refractivity contribution in [2.24, 2.45) is 9.98 Å². The van der Waals surface area contributed by atoms with Crippen LogP contribution in [0.3, 0.4) is 0 Å². The minimum Gasteiger partial charge on any atom is -0.506 e. The van der Waals surface area contributed by atoms with Crippen LogP contribution in [0.5, 0.6) is 5.75 Å². The molecule has 0 saturated heterocycles. The summed E-state index contributed by atoms with van der Waals surface area (Å²) in [5.41, 5.74) is 2.47. The Balaban J connectivity index is 2.33. The van der Waals surface area contributed by atoms with Crippen molar-refractivity contribution in [3.05, 3.63) is 34.9 Å². The summed E-state index contributed by atoms with van der Waals surface area (Å²) < 4.78 is 0. The summed E-state index contributed by atoms with van der Waals surface area (Å²) in [4.78, 5) is 20.3. The molecule has 110 valence electrons. The fraction of sp³-hybridized carbons (Fsp3) is 0.267. The van der Waals surface area contributed by atoms with Crippen molar-refractivity contribution < 1.29 is 15.0 Å². The van der Waals surface area contributed by atoms with Crippen LogP contribution in [0.4, 0.5) is 5.69 Å². The molecule has 0 saturated carbocycles. The highest BCUT2D eigenvalue weighted by atomic mass is 35.5. The van der Waals surface area contributed by atoms with Crippen LogP contribution in [0, 0.1) is 0 Å². The number of aliphatic hydroxyl groups excluding tert-OH is 1. The maximum atomic E-state index is 11.8. The standard InChI is InChI=1S/C15H15ClN2O3/c1-9-6-15(21)13(17-4-5-19)8-12(9)18-10-2-3-14(20)11(16)7-10/h2-3,6-7,19-20H,4-5,8H2,1H3. The lowest BCUT2D eigenvalue weighted by Crippen LogP contribution is -2.24. The Morgan fingerprint density at radius 2 is 2.10 bits per heavy atom. The second kappa shape index (κ2) is 6.65. The smallest absolute Gasteiger partial charge is 0.200 e. The highest BCUT2D eigenvalue weighted by Crippen LogP contribution is 2.28. The van der Waals surface area contributed by atoms with Gasteiger partial charge >= 0.3 is 0 Å². The number of phenolic OH excluding ortho intramolecular Hbond substituents is 1. The van der Waals surface area contributed by atoms with Crippen LogP contribution in [0.1, 0.15) is 13.3 Å². The van der Waals surface area contributed by atoms with Gasteiger partial charge in [0.25, 0.3) is 0 Å². The summed E-state index contributed by atoms with van der Waals surface area (Å²) >= 11 is 5.85. The number of benzene rings is 1. The van der Waals surface area contributed by atoms with E-state index in [0.29, 0.717) is 23.5 Å². The fourth-order valence-corrected chi connectivity index (χ4v) is 2.09. The van der Waals surface area contributed by atoms with Crippen molar-refractivity contribution in [1.29, 1.82) is 0 Å². The van der Waals surface area contributed by atoms with E-state index in [9.17, 15) is 9.90 Å². The topological polar surface area (TPSA) is 82.2 Å². The van der Waals surface area contributed by atoms with Gasteiger partial charge in [0.15, 0.2) is 5.78 Å². The molecule has 0 radical (unpaired) electrons. The van der Waals surface area contributed by atoms with Crippen LogP contribution in [0.2, 0.25) is 5.02 Å². The SMILES string of the molecule is CC1=CC(=O)C(=NCCO)CC1=Nc1ccc(O)c(Cl)c1. The second-order valence-electron chi connectivity index (χ2n) is 4.61. The van der Waals surface area contributed by atoms with E-state index in [-0.39, 0.29) is 29.7 Å². The molecular formula is C15H15ClN2O3. The van der Waals surface area contributed by atoms with Crippen LogP contribution in [0.15, 0.2) is 39.8 Å². The maximum absolute atomic E-state index is 11.8.